The van der Waals surface area contributed by atoms with Crippen molar-refractivity contribution in [1.29, 1.82) is 0 Å². The van der Waals surface area contributed by atoms with E-state index >= 15 is 0 Å². The van der Waals surface area contributed by atoms with E-state index in [0.717, 1.165) is 37.7 Å². The number of carbonyl (C=O) groups is 1. The fourth-order valence-corrected chi connectivity index (χ4v) is 6.95. The van der Waals surface area contributed by atoms with Crippen LogP contribution in [0.4, 0.5) is 21.0 Å². The summed E-state index contributed by atoms with van der Waals surface area (Å²) in [6.45, 7) is 6.76. The van der Waals surface area contributed by atoms with Crippen molar-refractivity contribution in [3.05, 3.63) is 46.9 Å². The van der Waals surface area contributed by atoms with Crippen LogP contribution in [-0.4, -0.2) is 34.2 Å². The molecule has 1 aromatic heterocycles. The van der Waals surface area contributed by atoms with Gasteiger partial charge < -0.3 is 20.7 Å². The van der Waals surface area contributed by atoms with Gasteiger partial charge in [0.1, 0.15) is 5.60 Å². The molecule has 1 heterocycles. The second-order valence-corrected chi connectivity index (χ2v) is 12.2. The molecule has 36 heavy (non-hydrogen) atoms. The number of ether oxygens (including phenoxy) is 1. The molecule has 3 unspecified atom stereocenters. The Bertz CT molecular complexity index is 1110. The van der Waals surface area contributed by atoms with E-state index in [1.807, 2.05) is 45.0 Å². The predicted octanol–water partition coefficient (Wildman–Crippen LogP) is 6.01. The zero-order chi connectivity index (χ0) is 25.5. The molecule has 6 rings (SSSR count). The first kappa shape index (κ1) is 25.1. The van der Waals surface area contributed by atoms with Gasteiger partial charge >= 0.3 is 6.09 Å². The van der Waals surface area contributed by atoms with Crippen LogP contribution >= 0.6 is 11.6 Å². The van der Waals surface area contributed by atoms with Crippen molar-refractivity contribution in [2.45, 2.75) is 71.1 Å². The lowest BCUT2D eigenvalue weighted by molar-refractivity contribution is -0.0703. The number of amides is 1. The number of hydrogen-bond acceptors (Lipinski definition) is 6. The van der Waals surface area contributed by atoms with Crippen molar-refractivity contribution in [3.63, 3.8) is 0 Å². The van der Waals surface area contributed by atoms with Crippen LogP contribution in [0.2, 0.25) is 5.02 Å². The third-order valence-corrected chi connectivity index (χ3v) is 8.22. The molecule has 7 nitrogen and oxygen atoms in total. The van der Waals surface area contributed by atoms with E-state index in [4.69, 9.17) is 16.3 Å². The molecule has 4 saturated carbocycles. The van der Waals surface area contributed by atoms with Crippen molar-refractivity contribution >= 4 is 29.5 Å². The number of carbonyl (C=O) groups excluding carboxylic acids is 1. The molecule has 0 saturated heterocycles. The lowest BCUT2D eigenvalue weighted by Crippen LogP contribution is -2.60. The van der Waals surface area contributed by atoms with E-state index in [0.29, 0.717) is 41.8 Å². The topological polar surface area (TPSA) is 88.2 Å². The highest BCUT2D eigenvalue weighted by molar-refractivity contribution is 6.31. The molecule has 4 aliphatic rings. The molecule has 0 spiro atoms. The van der Waals surface area contributed by atoms with E-state index < -0.39 is 11.4 Å². The Hall–Kier alpha value is -2.61. The van der Waals surface area contributed by atoms with Crippen molar-refractivity contribution in [2.75, 3.05) is 17.2 Å². The highest BCUT2D eigenvalue weighted by atomic mass is 35.5. The maximum Gasteiger partial charge on any atom is 0.407 e. The van der Waals surface area contributed by atoms with Gasteiger partial charge in [0, 0.05) is 24.2 Å². The Morgan fingerprint density at radius 1 is 1.17 bits per heavy atom. The predicted molar refractivity (Wildman–Crippen MR) is 138 cm³/mol. The molecule has 3 N–H and O–H groups in total. The normalized spacial score (nSPS) is 28.6. The zero-order valence-corrected chi connectivity index (χ0v) is 21.9. The molecule has 2 aromatic rings. The van der Waals surface area contributed by atoms with Gasteiger partial charge in [0.15, 0.2) is 11.6 Å². The summed E-state index contributed by atoms with van der Waals surface area (Å²) in [7, 11) is 0. The van der Waals surface area contributed by atoms with Crippen LogP contribution in [-0.2, 0) is 11.3 Å². The van der Waals surface area contributed by atoms with Crippen LogP contribution in [0.1, 0.15) is 58.4 Å². The summed E-state index contributed by atoms with van der Waals surface area (Å²) in [5.41, 5.74) is 0.499. The molecular weight excluding hydrogens is 481 g/mol. The minimum atomic E-state index is -0.510. The molecule has 1 aromatic carbocycles. The number of benzene rings is 1. The minimum Gasteiger partial charge on any atom is -0.444 e. The van der Waals surface area contributed by atoms with Gasteiger partial charge in [0.2, 0.25) is 5.95 Å². The first-order chi connectivity index (χ1) is 17.1. The molecule has 194 valence electrons. The van der Waals surface area contributed by atoms with Crippen LogP contribution in [0.25, 0.3) is 0 Å². The second-order valence-electron chi connectivity index (χ2n) is 11.8. The molecule has 4 aliphatic carbocycles. The molecule has 0 radical (unpaired) electrons. The van der Waals surface area contributed by atoms with Gasteiger partial charge in [-0.25, -0.2) is 14.2 Å². The summed E-state index contributed by atoms with van der Waals surface area (Å²) in [5.74, 6) is 1.61. The molecule has 4 fully saturated rings. The van der Waals surface area contributed by atoms with Crippen molar-refractivity contribution in [3.8, 4) is 0 Å². The molecule has 1 amide bonds. The number of halogens is 2. The Morgan fingerprint density at radius 2 is 1.89 bits per heavy atom. The van der Waals surface area contributed by atoms with Gasteiger partial charge in [-0.05, 0) is 87.7 Å². The van der Waals surface area contributed by atoms with E-state index in [2.05, 4.69) is 25.9 Å². The Balaban J connectivity index is 1.22. The number of nitrogens with one attached hydrogen (secondary N) is 3. The van der Waals surface area contributed by atoms with Crippen LogP contribution < -0.4 is 16.0 Å². The number of rotatable bonds is 7. The highest BCUT2D eigenvalue weighted by Crippen LogP contribution is 2.60. The average Bonchev–Trinajstić information content (AvgIpc) is 2.79. The highest BCUT2D eigenvalue weighted by Gasteiger charge is 2.55. The standard InChI is InChI=1S/C27H35ClFN5O2/c1-26(2,3)36-25(35)33-22-18-8-16-9-19(22)12-27(10-16,11-18)15-32-23-21(29)14-31-24(34-23)30-13-17-6-4-5-7-20(17)28/h4-7,14,16,18-19,22H,8-13,15H2,1-3H3,(H,33,35)(H2,30,31,32,34)/t16?,18-,19+,22?,27?. The second kappa shape index (κ2) is 9.69. The number of nitrogens with zero attached hydrogens (tertiary/aromatic N) is 2. The zero-order valence-electron chi connectivity index (χ0n) is 21.1. The number of anilines is 2. The monoisotopic (exact) mass is 515 g/mol. The summed E-state index contributed by atoms with van der Waals surface area (Å²) in [5, 5.41) is 10.3. The first-order valence-corrected chi connectivity index (χ1v) is 13.2. The van der Waals surface area contributed by atoms with E-state index in [1.165, 1.54) is 6.20 Å². The lowest BCUT2D eigenvalue weighted by atomic mass is 9.48. The third-order valence-electron chi connectivity index (χ3n) is 7.85. The Labute approximate surface area is 217 Å². The molecule has 0 aliphatic heterocycles. The summed E-state index contributed by atoms with van der Waals surface area (Å²) < 4.78 is 20.1. The Morgan fingerprint density at radius 3 is 2.58 bits per heavy atom. The van der Waals surface area contributed by atoms with Gasteiger partial charge in [-0.1, -0.05) is 29.8 Å². The van der Waals surface area contributed by atoms with Crippen molar-refractivity contribution in [2.24, 2.45) is 23.2 Å². The quantitative estimate of drug-likeness (QED) is 0.418. The van der Waals surface area contributed by atoms with Gasteiger partial charge in [0.05, 0.1) is 6.20 Å². The first-order valence-electron chi connectivity index (χ1n) is 12.8. The summed E-state index contributed by atoms with van der Waals surface area (Å²) in [4.78, 5) is 20.9. The van der Waals surface area contributed by atoms with E-state index in [9.17, 15) is 9.18 Å². The number of aromatic nitrogens is 2. The van der Waals surface area contributed by atoms with Crippen LogP contribution in [0, 0.1) is 29.0 Å². The fourth-order valence-electron chi connectivity index (χ4n) is 6.75. The molecule has 9 heteroatoms. The van der Waals surface area contributed by atoms with Gasteiger partial charge in [-0.2, -0.15) is 4.98 Å². The molecule has 4 bridgehead atoms. The number of alkyl carbamates (subject to hydrolysis) is 1. The largest absolute Gasteiger partial charge is 0.444 e. The third kappa shape index (κ3) is 5.53. The smallest absolute Gasteiger partial charge is 0.407 e. The maximum atomic E-state index is 14.6. The van der Waals surface area contributed by atoms with E-state index in [1.54, 1.807) is 0 Å². The van der Waals surface area contributed by atoms with Crippen molar-refractivity contribution < 1.29 is 13.9 Å². The minimum absolute atomic E-state index is 0.0885. The van der Waals surface area contributed by atoms with Crippen LogP contribution in [0.3, 0.4) is 0 Å². The lowest BCUT2D eigenvalue weighted by Gasteiger charge is -2.60. The van der Waals surface area contributed by atoms with E-state index in [-0.39, 0.29) is 23.4 Å². The van der Waals surface area contributed by atoms with Crippen LogP contribution in [0.15, 0.2) is 30.5 Å². The average molecular weight is 516 g/mol. The van der Waals surface area contributed by atoms with Gasteiger partial charge in [-0.3, -0.25) is 0 Å². The Kier molecular flexibility index (Phi) is 6.74. The fraction of sp³-hybridized carbons (Fsp3) is 0.593. The van der Waals surface area contributed by atoms with Crippen LogP contribution in [0.5, 0.6) is 0 Å². The SMILES string of the molecule is CC(C)(C)OC(=O)NC1[C@@H]2CC3C[C@H]1CC(CNc1nc(NCc4ccccc4Cl)ncc1F)(C3)C2. The summed E-state index contributed by atoms with van der Waals surface area (Å²) in [6.07, 6.45) is 6.30. The van der Waals surface area contributed by atoms with Gasteiger partial charge in [-0.15, -0.1) is 0 Å². The van der Waals surface area contributed by atoms with Gasteiger partial charge in [0.25, 0.3) is 0 Å². The number of hydrogen-bond donors (Lipinski definition) is 3. The maximum absolute atomic E-state index is 14.6. The summed E-state index contributed by atoms with van der Waals surface area (Å²) in [6, 6.07) is 7.70. The molecule has 5 atom stereocenters. The summed E-state index contributed by atoms with van der Waals surface area (Å²) >= 11 is 6.23. The molecular formula is C27H35ClFN5O2. The van der Waals surface area contributed by atoms with Crippen molar-refractivity contribution in [1.82, 2.24) is 15.3 Å².